The van der Waals surface area contributed by atoms with Crippen LogP contribution in [-0.4, -0.2) is 23.1 Å². The van der Waals surface area contributed by atoms with E-state index in [0.29, 0.717) is 5.69 Å². The van der Waals surface area contributed by atoms with Gasteiger partial charge in [0.15, 0.2) is 0 Å². The quantitative estimate of drug-likeness (QED) is 0.885. The lowest BCUT2D eigenvalue weighted by molar-refractivity contribution is 0.268. The number of pyridine rings is 1. The molecule has 2 rings (SSSR count). The molecule has 21 heavy (non-hydrogen) atoms. The molecule has 0 unspecified atom stereocenters. The molecule has 6 nitrogen and oxygen atoms in total. The van der Waals surface area contributed by atoms with E-state index in [4.69, 9.17) is 0 Å². The van der Waals surface area contributed by atoms with Gasteiger partial charge in [-0.2, -0.15) is 0 Å². The van der Waals surface area contributed by atoms with Gasteiger partial charge >= 0.3 is 0 Å². The second kappa shape index (κ2) is 5.87. The van der Waals surface area contributed by atoms with E-state index in [1.807, 2.05) is 13.8 Å². The maximum atomic E-state index is 12.4. The van der Waals surface area contributed by atoms with Crippen molar-refractivity contribution in [2.24, 2.45) is 0 Å². The zero-order valence-electron chi connectivity index (χ0n) is 12.2. The van der Waals surface area contributed by atoms with Crippen LogP contribution in [0.25, 0.3) is 0 Å². The Morgan fingerprint density at radius 3 is 2.62 bits per heavy atom. The highest BCUT2D eigenvalue weighted by molar-refractivity contribution is 7.92. The number of nitrogens with zero attached hydrogens (tertiary/aromatic N) is 2. The van der Waals surface area contributed by atoms with E-state index in [-0.39, 0.29) is 23.4 Å². The highest BCUT2D eigenvalue weighted by Crippen LogP contribution is 2.21. The molecule has 0 spiro atoms. The third kappa shape index (κ3) is 3.43. The zero-order valence-corrected chi connectivity index (χ0v) is 13.1. The van der Waals surface area contributed by atoms with Crippen molar-refractivity contribution in [1.82, 2.24) is 9.55 Å². The smallest absolute Gasteiger partial charge is 0.264 e. The first kappa shape index (κ1) is 15.5. The van der Waals surface area contributed by atoms with Crippen LogP contribution in [0.1, 0.15) is 31.3 Å². The molecule has 0 aromatic carbocycles. The average Bonchev–Trinajstić information content (AvgIpc) is 2.83. The summed E-state index contributed by atoms with van der Waals surface area (Å²) in [6, 6.07) is 6.65. The monoisotopic (exact) mass is 309 g/mol. The van der Waals surface area contributed by atoms with Gasteiger partial charge in [-0.25, -0.2) is 13.4 Å². The standard InChI is InChI=1S/C14H19N3O3S/c1-10(2)17-8-13(7-12(17)9-18)21(19,20)16-14-6-4-5-11(3)15-14/h4-8,10,18H,9H2,1-3H3,(H,15,16). The lowest BCUT2D eigenvalue weighted by Gasteiger charge is -2.10. The van der Waals surface area contributed by atoms with Gasteiger partial charge in [0.1, 0.15) is 10.7 Å². The fourth-order valence-corrected chi connectivity index (χ4v) is 3.10. The van der Waals surface area contributed by atoms with Gasteiger partial charge in [0.25, 0.3) is 10.0 Å². The van der Waals surface area contributed by atoms with E-state index in [9.17, 15) is 13.5 Å². The van der Waals surface area contributed by atoms with Gasteiger partial charge in [-0.1, -0.05) is 6.07 Å². The Morgan fingerprint density at radius 2 is 2.10 bits per heavy atom. The lowest BCUT2D eigenvalue weighted by atomic mass is 10.3. The summed E-state index contributed by atoms with van der Waals surface area (Å²) in [7, 11) is -3.72. The van der Waals surface area contributed by atoms with Gasteiger partial charge < -0.3 is 9.67 Å². The van der Waals surface area contributed by atoms with Crippen LogP contribution in [0.5, 0.6) is 0 Å². The summed E-state index contributed by atoms with van der Waals surface area (Å²) in [5.74, 6) is 0.276. The molecule has 0 aliphatic heterocycles. The van der Waals surface area contributed by atoms with Gasteiger partial charge in [0.2, 0.25) is 0 Å². The van der Waals surface area contributed by atoms with Crippen molar-refractivity contribution in [2.75, 3.05) is 4.72 Å². The Morgan fingerprint density at radius 1 is 1.38 bits per heavy atom. The minimum atomic E-state index is -3.72. The number of anilines is 1. The van der Waals surface area contributed by atoms with Crippen molar-refractivity contribution in [3.8, 4) is 0 Å². The van der Waals surface area contributed by atoms with Gasteiger partial charge in [0, 0.05) is 23.6 Å². The Hall–Kier alpha value is -1.86. The van der Waals surface area contributed by atoms with Crippen LogP contribution >= 0.6 is 0 Å². The molecule has 2 N–H and O–H groups in total. The van der Waals surface area contributed by atoms with Crippen LogP contribution in [0, 0.1) is 6.92 Å². The van der Waals surface area contributed by atoms with Gasteiger partial charge in [0.05, 0.1) is 6.61 Å². The van der Waals surface area contributed by atoms with Crippen molar-refractivity contribution < 1.29 is 13.5 Å². The Balaban J connectivity index is 2.36. The first-order valence-electron chi connectivity index (χ1n) is 6.61. The number of nitrogens with one attached hydrogen (secondary N) is 1. The number of aromatic nitrogens is 2. The average molecular weight is 309 g/mol. The SMILES string of the molecule is Cc1cccc(NS(=O)(=O)c2cc(CO)n(C(C)C)c2)n1. The van der Waals surface area contributed by atoms with Crippen molar-refractivity contribution in [2.45, 2.75) is 38.3 Å². The number of hydrogen-bond donors (Lipinski definition) is 2. The summed E-state index contributed by atoms with van der Waals surface area (Å²) in [5.41, 5.74) is 1.29. The Kier molecular flexibility index (Phi) is 4.34. The molecule has 0 radical (unpaired) electrons. The molecule has 0 aliphatic carbocycles. The van der Waals surface area contributed by atoms with Crippen LogP contribution in [-0.2, 0) is 16.6 Å². The Labute approximate surface area is 124 Å². The van der Waals surface area contributed by atoms with E-state index in [0.717, 1.165) is 5.69 Å². The predicted molar refractivity (Wildman–Crippen MR) is 80.5 cm³/mol. The van der Waals surface area contributed by atoms with Crippen molar-refractivity contribution in [1.29, 1.82) is 0 Å². The van der Waals surface area contributed by atoms with Crippen LogP contribution in [0.4, 0.5) is 5.82 Å². The summed E-state index contributed by atoms with van der Waals surface area (Å²) < 4.78 is 28.9. The van der Waals surface area contributed by atoms with E-state index >= 15 is 0 Å². The number of rotatable bonds is 5. The third-order valence-corrected chi connectivity index (χ3v) is 4.38. The molecule has 2 heterocycles. The van der Waals surface area contributed by atoms with Crippen LogP contribution in [0.2, 0.25) is 0 Å². The molecule has 0 fully saturated rings. The molecule has 0 saturated heterocycles. The first-order valence-corrected chi connectivity index (χ1v) is 8.10. The van der Waals surface area contributed by atoms with Gasteiger partial charge in [-0.05, 0) is 39.0 Å². The molecule has 7 heteroatoms. The molecular weight excluding hydrogens is 290 g/mol. The molecule has 2 aromatic rings. The topological polar surface area (TPSA) is 84.2 Å². The Bertz CT molecular complexity index is 736. The lowest BCUT2D eigenvalue weighted by Crippen LogP contribution is -2.13. The highest BCUT2D eigenvalue weighted by atomic mass is 32.2. The summed E-state index contributed by atoms with van der Waals surface area (Å²) in [4.78, 5) is 4.24. The number of sulfonamides is 1. The van der Waals surface area contributed by atoms with Crippen molar-refractivity contribution in [3.63, 3.8) is 0 Å². The summed E-state index contributed by atoms with van der Waals surface area (Å²) in [5, 5.41) is 9.32. The number of aryl methyl sites for hydroxylation is 1. The fraction of sp³-hybridized carbons (Fsp3) is 0.357. The summed E-state index contributed by atoms with van der Waals surface area (Å²) >= 11 is 0. The van der Waals surface area contributed by atoms with Gasteiger partial charge in [-0.15, -0.1) is 0 Å². The molecule has 0 amide bonds. The maximum absolute atomic E-state index is 12.4. The van der Waals surface area contributed by atoms with E-state index in [2.05, 4.69) is 9.71 Å². The summed E-state index contributed by atoms with van der Waals surface area (Å²) in [6.07, 6.45) is 1.52. The van der Waals surface area contributed by atoms with Crippen LogP contribution < -0.4 is 4.72 Å². The third-order valence-electron chi connectivity index (χ3n) is 3.06. The van der Waals surface area contributed by atoms with Crippen LogP contribution in [0.3, 0.4) is 0 Å². The molecule has 0 saturated carbocycles. The molecule has 0 bridgehead atoms. The normalized spacial score (nSPS) is 11.9. The van der Waals surface area contributed by atoms with Crippen LogP contribution in [0.15, 0.2) is 35.4 Å². The maximum Gasteiger partial charge on any atom is 0.264 e. The number of aliphatic hydroxyl groups is 1. The highest BCUT2D eigenvalue weighted by Gasteiger charge is 2.19. The van der Waals surface area contributed by atoms with Crippen molar-refractivity contribution in [3.05, 3.63) is 41.9 Å². The minimum Gasteiger partial charge on any atom is -0.390 e. The fourth-order valence-electron chi connectivity index (χ4n) is 2.05. The van der Waals surface area contributed by atoms with E-state index in [1.54, 1.807) is 29.7 Å². The second-order valence-corrected chi connectivity index (χ2v) is 6.78. The van der Waals surface area contributed by atoms with Gasteiger partial charge in [-0.3, -0.25) is 4.72 Å². The molecular formula is C14H19N3O3S. The predicted octanol–water partition coefficient (Wildman–Crippen LogP) is 2.07. The molecule has 0 aliphatic rings. The van der Waals surface area contributed by atoms with E-state index in [1.165, 1.54) is 12.3 Å². The number of aliphatic hydroxyl groups excluding tert-OH is 1. The van der Waals surface area contributed by atoms with E-state index < -0.39 is 10.0 Å². The largest absolute Gasteiger partial charge is 0.390 e. The molecule has 2 aromatic heterocycles. The first-order chi connectivity index (χ1) is 9.83. The van der Waals surface area contributed by atoms with Crippen molar-refractivity contribution >= 4 is 15.8 Å². The zero-order chi connectivity index (χ0) is 15.6. The number of hydrogen-bond acceptors (Lipinski definition) is 4. The molecule has 0 atom stereocenters. The minimum absolute atomic E-state index is 0.0631. The summed E-state index contributed by atoms with van der Waals surface area (Å²) in [6.45, 7) is 5.42. The second-order valence-electron chi connectivity index (χ2n) is 5.10. The molecule has 114 valence electrons.